The third-order valence-corrected chi connectivity index (χ3v) is 2.77. The molecule has 1 aromatic carbocycles. The van der Waals surface area contributed by atoms with Gasteiger partial charge in [-0.15, -0.1) is 12.4 Å². The zero-order valence-corrected chi connectivity index (χ0v) is 13.9. The lowest BCUT2D eigenvalue weighted by Gasteiger charge is -2.24. The fourth-order valence-electron chi connectivity index (χ4n) is 1.62. The van der Waals surface area contributed by atoms with Crippen molar-refractivity contribution >= 4 is 18.3 Å². The van der Waals surface area contributed by atoms with Gasteiger partial charge in [0.2, 0.25) is 0 Å². The van der Waals surface area contributed by atoms with Crippen molar-refractivity contribution in [1.82, 2.24) is 5.32 Å². The van der Waals surface area contributed by atoms with Gasteiger partial charge in [-0.2, -0.15) is 0 Å². The topological polar surface area (TPSA) is 73.6 Å². The molecule has 0 spiro atoms. The van der Waals surface area contributed by atoms with Crippen LogP contribution < -0.4 is 20.5 Å². The number of amides is 1. The summed E-state index contributed by atoms with van der Waals surface area (Å²) in [7, 11) is 0. The molecule has 3 N–H and O–H groups in total. The van der Waals surface area contributed by atoms with E-state index in [4.69, 9.17) is 15.2 Å². The van der Waals surface area contributed by atoms with Gasteiger partial charge >= 0.3 is 0 Å². The van der Waals surface area contributed by atoms with Crippen molar-refractivity contribution < 1.29 is 14.3 Å². The normalized spacial score (nSPS) is 10.5. The van der Waals surface area contributed by atoms with Gasteiger partial charge in [0, 0.05) is 17.6 Å². The summed E-state index contributed by atoms with van der Waals surface area (Å²) in [5.41, 5.74) is 5.70. The third kappa shape index (κ3) is 5.81. The molecule has 0 aliphatic carbocycles. The van der Waals surface area contributed by atoms with Crippen molar-refractivity contribution in [3.05, 3.63) is 23.8 Å². The summed E-state index contributed by atoms with van der Waals surface area (Å²) in [4.78, 5) is 12.2. The van der Waals surface area contributed by atoms with Gasteiger partial charge in [-0.1, -0.05) is 0 Å². The Morgan fingerprint density at radius 3 is 2.29 bits per heavy atom. The Morgan fingerprint density at radius 1 is 1.19 bits per heavy atom. The van der Waals surface area contributed by atoms with Gasteiger partial charge in [0.1, 0.15) is 0 Å². The van der Waals surface area contributed by atoms with E-state index < -0.39 is 5.54 Å². The summed E-state index contributed by atoms with van der Waals surface area (Å²) >= 11 is 0. The molecule has 1 rings (SSSR count). The average molecular weight is 317 g/mol. The summed E-state index contributed by atoms with van der Waals surface area (Å²) in [6.45, 7) is 8.98. The molecule has 120 valence electrons. The summed E-state index contributed by atoms with van der Waals surface area (Å²) in [6, 6.07) is 5.16. The van der Waals surface area contributed by atoms with E-state index in [1.54, 1.807) is 18.2 Å². The molecule has 0 aliphatic rings. The second kappa shape index (κ2) is 8.74. The van der Waals surface area contributed by atoms with Crippen LogP contribution in [0.4, 0.5) is 0 Å². The largest absolute Gasteiger partial charge is 0.490 e. The SMILES string of the molecule is CCOc1ccc(C(=O)NC(C)(C)CN)cc1OCC.Cl. The molecule has 0 radical (unpaired) electrons. The standard InChI is InChI=1S/C15H24N2O3.ClH/c1-5-19-12-8-7-11(9-13(12)20-6-2)14(18)17-15(3,4)10-16;/h7-9H,5-6,10,16H2,1-4H3,(H,17,18);1H. The number of carbonyl (C=O) groups excluding carboxylic acids is 1. The first kappa shape index (κ1) is 19.5. The first-order valence-corrected chi connectivity index (χ1v) is 6.85. The molecule has 1 amide bonds. The lowest BCUT2D eigenvalue weighted by molar-refractivity contribution is 0.0915. The van der Waals surface area contributed by atoms with Crippen LogP contribution in [0, 0.1) is 0 Å². The maximum Gasteiger partial charge on any atom is 0.251 e. The highest BCUT2D eigenvalue weighted by Gasteiger charge is 2.20. The lowest BCUT2D eigenvalue weighted by Crippen LogP contribution is -2.48. The van der Waals surface area contributed by atoms with E-state index in [9.17, 15) is 4.79 Å². The molecule has 0 saturated carbocycles. The van der Waals surface area contributed by atoms with Gasteiger partial charge in [0.15, 0.2) is 11.5 Å². The molecule has 0 atom stereocenters. The summed E-state index contributed by atoms with van der Waals surface area (Å²) in [6.07, 6.45) is 0. The number of nitrogens with two attached hydrogens (primary N) is 1. The van der Waals surface area contributed by atoms with Crippen molar-refractivity contribution in [2.45, 2.75) is 33.2 Å². The Balaban J connectivity index is 0.00000400. The van der Waals surface area contributed by atoms with Crippen molar-refractivity contribution in [3.8, 4) is 11.5 Å². The second-order valence-corrected chi connectivity index (χ2v) is 5.07. The van der Waals surface area contributed by atoms with Crippen LogP contribution in [0.3, 0.4) is 0 Å². The minimum Gasteiger partial charge on any atom is -0.490 e. The molecule has 0 bridgehead atoms. The van der Waals surface area contributed by atoms with Crippen LogP contribution in [-0.4, -0.2) is 31.2 Å². The van der Waals surface area contributed by atoms with Crippen LogP contribution >= 0.6 is 12.4 Å². The Labute approximate surface area is 132 Å². The minimum atomic E-state index is -0.443. The Bertz CT molecular complexity index is 464. The summed E-state index contributed by atoms with van der Waals surface area (Å²) < 4.78 is 11.0. The first-order chi connectivity index (χ1) is 9.43. The molecule has 0 saturated heterocycles. The number of hydrogen-bond donors (Lipinski definition) is 2. The predicted molar refractivity (Wildman–Crippen MR) is 86.6 cm³/mol. The summed E-state index contributed by atoms with van der Waals surface area (Å²) in [5, 5.41) is 2.88. The highest BCUT2D eigenvalue weighted by atomic mass is 35.5. The van der Waals surface area contributed by atoms with E-state index in [2.05, 4.69) is 5.32 Å². The summed E-state index contributed by atoms with van der Waals surface area (Å²) in [5.74, 6) is 1.04. The fourth-order valence-corrected chi connectivity index (χ4v) is 1.62. The van der Waals surface area contributed by atoms with E-state index in [1.165, 1.54) is 0 Å². The number of hydrogen-bond acceptors (Lipinski definition) is 4. The number of benzene rings is 1. The number of nitrogens with one attached hydrogen (secondary N) is 1. The smallest absolute Gasteiger partial charge is 0.251 e. The molecule has 0 fully saturated rings. The Morgan fingerprint density at radius 2 is 1.76 bits per heavy atom. The van der Waals surface area contributed by atoms with Crippen molar-refractivity contribution in [3.63, 3.8) is 0 Å². The van der Waals surface area contributed by atoms with Crippen LogP contribution in [0.2, 0.25) is 0 Å². The van der Waals surface area contributed by atoms with E-state index >= 15 is 0 Å². The van der Waals surface area contributed by atoms with Crippen LogP contribution in [0.25, 0.3) is 0 Å². The lowest BCUT2D eigenvalue weighted by atomic mass is 10.1. The second-order valence-electron chi connectivity index (χ2n) is 5.07. The molecular formula is C15H25ClN2O3. The van der Waals surface area contributed by atoms with E-state index in [1.807, 2.05) is 27.7 Å². The molecule has 0 aliphatic heterocycles. The maximum absolute atomic E-state index is 12.2. The van der Waals surface area contributed by atoms with Gasteiger partial charge in [-0.25, -0.2) is 0 Å². The molecule has 21 heavy (non-hydrogen) atoms. The highest BCUT2D eigenvalue weighted by Crippen LogP contribution is 2.28. The van der Waals surface area contributed by atoms with Gasteiger partial charge < -0.3 is 20.5 Å². The van der Waals surface area contributed by atoms with Crippen molar-refractivity contribution in [2.24, 2.45) is 5.73 Å². The Kier molecular flexibility index (Phi) is 8.14. The zero-order chi connectivity index (χ0) is 15.2. The first-order valence-electron chi connectivity index (χ1n) is 6.85. The Hall–Kier alpha value is -1.46. The van der Waals surface area contributed by atoms with Crippen molar-refractivity contribution in [1.29, 1.82) is 0 Å². The highest BCUT2D eigenvalue weighted by molar-refractivity contribution is 5.95. The minimum absolute atomic E-state index is 0. The zero-order valence-electron chi connectivity index (χ0n) is 13.1. The number of halogens is 1. The van der Waals surface area contributed by atoms with Crippen molar-refractivity contribution in [2.75, 3.05) is 19.8 Å². The monoisotopic (exact) mass is 316 g/mol. The number of carbonyl (C=O) groups is 1. The van der Waals surface area contributed by atoms with Crippen LogP contribution in [0.15, 0.2) is 18.2 Å². The third-order valence-electron chi connectivity index (χ3n) is 2.77. The van der Waals surface area contributed by atoms with E-state index in [0.717, 1.165) is 0 Å². The quantitative estimate of drug-likeness (QED) is 0.810. The van der Waals surface area contributed by atoms with Crippen LogP contribution in [0.1, 0.15) is 38.1 Å². The molecule has 1 aromatic rings. The molecule has 6 heteroatoms. The maximum atomic E-state index is 12.2. The molecular weight excluding hydrogens is 292 g/mol. The fraction of sp³-hybridized carbons (Fsp3) is 0.533. The van der Waals surface area contributed by atoms with Gasteiger partial charge in [0.25, 0.3) is 5.91 Å². The number of rotatable bonds is 7. The van der Waals surface area contributed by atoms with Crippen LogP contribution in [0.5, 0.6) is 11.5 Å². The molecule has 0 aromatic heterocycles. The molecule has 5 nitrogen and oxygen atoms in total. The number of ether oxygens (including phenoxy) is 2. The van der Waals surface area contributed by atoms with E-state index in [-0.39, 0.29) is 18.3 Å². The average Bonchev–Trinajstić information content (AvgIpc) is 2.40. The van der Waals surface area contributed by atoms with Gasteiger partial charge in [0.05, 0.1) is 13.2 Å². The molecule has 0 unspecified atom stereocenters. The molecule has 0 heterocycles. The van der Waals surface area contributed by atoms with Gasteiger partial charge in [-0.05, 0) is 45.9 Å². The van der Waals surface area contributed by atoms with Gasteiger partial charge in [-0.3, -0.25) is 4.79 Å². The predicted octanol–water partition coefficient (Wildman–Crippen LogP) is 2.37. The van der Waals surface area contributed by atoms with E-state index in [0.29, 0.717) is 36.8 Å². The van der Waals surface area contributed by atoms with Crippen LogP contribution in [-0.2, 0) is 0 Å².